The predicted octanol–water partition coefficient (Wildman–Crippen LogP) is 3.40. The molecule has 0 radical (unpaired) electrons. The number of nitrogens with zero attached hydrogens (tertiary/aromatic N) is 2. The van der Waals surface area contributed by atoms with Crippen LogP contribution in [0.15, 0.2) is 22.8 Å². The van der Waals surface area contributed by atoms with Crippen LogP contribution in [0.1, 0.15) is 23.2 Å². The molecule has 0 spiro atoms. The Morgan fingerprint density at radius 3 is 2.67 bits per heavy atom. The van der Waals surface area contributed by atoms with Crippen molar-refractivity contribution in [2.24, 2.45) is 0 Å². The van der Waals surface area contributed by atoms with Gasteiger partial charge in [-0.2, -0.15) is 13.2 Å². The Bertz CT molecular complexity index is 619. The Morgan fingerprint density at radius 1 is 1.44 bits per heavy atom. The number of halogens is 4. The second-order valence-corrected chi connectivity index (χ2v) is 4.44. The maximum absolute atomic E-state index is 12.5. The predicted molar refractivity (Wildman–Crippen MR) is 62.7 cm³/mol. The number of carbonyl (C=O) groups is 1. The molecule has 3 nitrogen and oxygen atoms in total. The third kappa shape index (κ3) is 2.03. The van der Waals surface area contributed by atoms with Crippen molar-refractivity contribution in [2.45, 2.75) is 19.5 Å². The molecule has 2 rings (SSSR count). The summed E-state index contributed by atoms with van der Waals surface area (Å²) < 4.78 is 39.5. The van der Waals surface area contributed by atoms with Gasteiger partial charge in [0.15, 0.2) is 0 Å². The zero-order chi connectivity index (χ0) is 13.5. The number of aryl methyl sites for hydroxylation is 1. The van der Waals surface area contributed by atoms with Crippen LogP contribution in [0.2, 0.25) is 0 Å². The second-order valence-electron chi connectivity index (χ2n) is 3.63. The lowest BCUT2D eigenvalue weighted by atomic mass is 10.2. The average molecular weight is 321 g/mol. The highest BCUT2D eigenvalue weighted by molar-refractivity contribution is 9.10. The number of alkyl halides is 3. The molecule has 0 amide bonds. The van der Waals surface area contributed by atoms with E-state index in [9.17, 15) is 18.0 Å². The fourth-order valence-corrected chi connectivity index (χ4v) is 2.25. The first kappa shape index (κ1) is 13.1. The molecule has 0 atom stereocenters. The molecule has 2 aromatic heterocycles. The van der Waals surface area contributed by atoms with Crippen LogP contribution < -0.4 is 0 Å². The first-order valence-corrected chi connectivity index (χ1v) is 5.93. The summed E-state index contributed by atoms with van der Waals surface area (Å²) in [4.78, 5) is 15.1. The molecule has 0 aliphatic heterocycles. The average Bonchev–Trinajstić information content (AvgIpc) is 2.67. The Morgan fingerprint density at radius 2 is 2.11 bits per heavy atom. The summed E-state index contributed by atoms with van der Waals surface area (Å²) in [6.07, 6.45) is -4.49. The van der Waals surface area contributed by atoms with Crippen molar-refractivity contribution < 1.29 is 18.0 Å². The number of pyridine rings is 1. The van der Waals surface area contributed by atoms with Gasteiger partial charge in [0, 0.05) is 6.42 Å². The van der Waals surface area contributed by atoms with Crippen molar-refractivity contribution in [1.29, 1.82) is 0 Å². The molecule has 18 heavy (non-hydrogen) atoms. The number of hydrogen-bond donors (Lipinski definition) is 0. The lowest BCUT2D eigenvalue weighted by Crippen LogP contribution is -2.23. The molecule has 2 aromatic rings. The lowest BCUT2D eigenvalue weighted by molar-refractivity contribution is -0.0887. The van der Waals surface area contributed by atoms with E-state index in [1.807, 2.05) is 0 Å². The van der Waals surface area contributed by atoms with E-state index in [-0.39, 0.29) is 5.52 Å². The lowest BCUT2D eigenvalue weighted by Gasteiger charge is -2.03. The van der Waals surface area contributed by atoms with Crippen molar-refractivity contribution >= 4 is 27.2 Å². The van der Waals surface area contributed by atoms with Crippen LogP contribution in [0, 0.1) is 0 Å². The zero-order valence-corrected chi connectivity index (χ0v) is 10.8. The van der Waals surface area contributed by atoms with Gasteiger partial charge < -0.3 is 0 Å². The van der Waals surface area contributed by atoms with E-state index in [2.05, 4.69) is 20.9 Å². The van der Waals surface area contributed by atoms with Crippen molar-refractivity contribution in [3.8, 4) is 0 Å². The summed E-state index contributed by atoms with van der Waals surface area (Å²) in [6.45, 7) is 1.76. The maximum Gasteiger partial charge on any atom is 0.456 e. The molecule has 96 valence electrons. The van der Waals surface area contributed by atoms with Crippen LogP contribution in [0.25, 0.3) is 5.52 Å². The summed E-state index contributed by atoms with van der Waals surface area (Å²) in [7, 11) is 0. The van der Waals surface area contributed by atoms with Crippen molar-refractivity contribution in [3.05, 3.63) is 34.3 Å². The third-order valence-electron chi connectivity index (χ3n) is 2.47. The summed E-state index contributed by atoms with van der Waals surface area (Å²) in [5.41, 5.74) is -0.399. The summed E-state index contributed by atoms with van der Waals surface area (Å²) >= 11 is 3.23. The number of hydrogen-bond acceptors (Lipinski definition) is 2. The minimum absolute atomic E-state index is 0.156. The fraction of sp³-hybridized carbons (Fsp3) is 0.273. The number of fused-ring (bicyclic) bond motifs is 1. The van der Waals surface area contributed by atoms with Gasteiger partial charge in [-0.1, -0.05) is 13.0 Å². The van der Waals surface area contributed by atoms with Crippen LogP contribution in [0.4, 0.5) is 13.2 Å². The third-order valence-corrected chi connectivity index (χ3v) is 3.09. The van der Waals surface area contributed by atoms with Gasteiger partial charge in [0.25, 0.3) is 5.78 Å². The molecule has 0 unspecified atom stereocenters. The molecule has 0 aliphatic carbocycles. The van der Waals surface area contributed by atoms with E-state index in [1.165, 1.54) is 10.5 Å². The quantitative estimate of drug-likeness (QED) is 0.627. The SMILES string of the molecule is CCc1nc(C(=O)C(F)(F)F)c2cccc(Br)n12. The standard InChI is InChI=1S/C11H8BrF3N2O/c1-2-8-16-9(10(18)11(13,14)15)6-4-3-5-7(12)17(6)8/h3-5H,2H2,1H3. The first-order chi connectivity index (χ1) is 8.36. The van der Waals surface area contributed by atoms with Gasteiger partial charge in [-0.25, -0.2) is 4.98 Å². The van der Waals surface area contributed by atoms with Crippen LogP contribution in [0.5, 0.6) is 0 Å². The Kier molecular flexibility index (Phi) is 3.18. The van der Waals surface area contributed by atoms with E-state index in [4.69, 9.17) is 0 Å². The van der Waals surface area contributed by atoms with Gasteiger partial charge in [0.05, 0.1) is 10.1 Å². The van der Waals surface area contributed by atoms with E-state index < -0.39 is 17.7 Å². The number of ketones is 1. The normalized spacial score (nSPS) is 12.1. The molecule has 0 N–H and O–H groups in total. The number of carbonyl (C=O) groups excluding carboxylic acids is 1. The Balaban J connectivity index is 2.74. The largest absolute Gasteiger partial charge is 0.456 e. The highest BCUT2D eigenvalue weighted by Crippen LogP contribution is 2.26. The zero-order valence-electron chi connectivity index (χ0n) is 9.25. The number of aromatic nitrogens is 2. The fourth-order valence-electron chi connectivity index (χ4n) is 1.70. The van der Waals surface area contributed by atoms with Crippen LogP contribution >= 0.6 is 15.9 Å². The highest BCUT2D eigenvalue weighted by atomic mass is 79.9. The van der Waals surface area contributed by atoms with Gasteiger partial charge in [0.1, 0.15) is 11.5 Å². The molecular formula is C11H8BrF3N2O. The number of rotatable bonds is 2. The van der Waals surface area contributed by atoms with Crippen molar-refractivity contribution in [3.63, 3.8) is 0 Å². The molecule has 0 aliphatic rings. The summed E-state index contributed by atoms with van der Waals surface area (Å²) in [5, 5.41) is 0. The second kappa shape index (κ2) is 4.38. The van der Waals surface area contributed by atoms with Crippen LogP contribution in [0.3, 0.4) is 0 Å². The van der Waals surface area contributed by atoms with Crippen LogP contribution in [-0.2, 0) is 6.42 Å². The minimum atomic E-state index is -4.91. The molecular weight excluding hydrogens is 313 g/mol. The van der Waals surface area contributed by atoms with E-state index in [0.29, 0.717) is 16.8 Å². The van der Waals surface area contributed by atoms with Crippen molar-refractivity contribution in [2.75, 3.05) is 0 Å². The maximum atomic E-state index is 12.5. The smallest absolute Gasteiger partial charge is 0.290 e. The summed E-state index contributed by atoms with van der Waals surface area (Å²) in [6, 6.07) is 4.68. The Hall–Kier alpha value is -1.37. The minimum Gasteiger partial charge on any atom is -0.290 e. The van der Waals surface area contributed by atoms with E-state index >= 15 is 0 Å². The highest BCUT2D eigenvalue weighted by Gasteiger charge is 2.42. The van der Waals surface area contributed by atoms with Gasteiger partial charge in [-0.05, 0) is 28.1 Å². The first-order valence-electron chi connectivity index (χ1n) is 5.13. The molecule has 0 saturated heterocycles. The molecule has 0 bridgehead atoms. The molecule has 2 heterocycles. The van der Waals surface area contributed by atoms with Gasteiger partial charge in [-0.15, -0.1) is 0 Å². The topological polar surface area (TPSA) is 34.4 Å². The van der Waals surface area contributed by atoms with Gasteiger partial charge in [-0.3, -0.25) is 9.20 Å². The molecule has 7 heteroatoms. The molecule has 0 aromatic carbocycles. The number of imidazole rings is 1. The van der Waals surface area contributed by atoms with Crippen LogP contribution in [-0.4, -0.2) is 21.3 Å². The van der Waals surface area contributed by atoms with E-state index in [1.54, 1.807) is 19.1 Å². The van der Waals surface area contributed by atoms with Crippen molar-refractivity contribution in [1.82, 2.24) is 9.38 Å². The summed E-state index contributed by atoms with van der Waals surface area (Å²) in [5.74, 6) is -1.51. The molecule has 0 fully saturated rings. The Labute approximate surface area is 109 Å². The molecule has 0 saturated carbocycles. The van der Waals surface area contributed by atoms with Gasteiger partial charge >= 0.3 is 6.18 Å². The number of Topliss-reactive ketones (excluding diaryl/α,β-unsaturated/α-hetero) is 1. The van der Waals surface area contributed by atoms with E-state index in [0.717, 1.165) is 0 Å². The van der Waals surface area contributed by atoms with Gasteiger partial charge in [0.2, 0.25) is 0 Å². The monoisotopic (exact) mass is 320 g/mol.